The lowest BCUT2D eigenvalue weighted by Crippen LogP contribution is -2.39. The molecule has 1 atom stereocenters. The summed E-state index contributed by atoms with van der Waals surface area (Å²) in [6.45, 7) is 5.70. The third kappa shape index (κ3) is 5.85. The molecule has 1 amide bonds. The van der Waals surface area contributed by atoms with Gasteiger partial charge in [0.1, 0.15) is 0 Å². The SMILES string of the molecule is CC(NC(=O)CCN(C(C)C)S(C)(=O)=O)c1ccccc1. The molecule has 0 aliphatic rings. The predicted octanol–water partition coefficient (Wildman–Crippen LogP) is 1.92. The third-order valence-corrected chi connectivity index (χ3v) is 4.69. The number of nitrogens with zero attached hydrogens (tertiary/aromatic N) is 1. The molecule has 0 bridgehead atoms. The van der Waals surface area contributed by atoms with Crippen LogP contribution in [0.2, 0.25) is 0 Å². The lowest BCUT2D eigenvalue weighted by molar-refractivity contribution is -0.121. The Hall–Kier alpha value is -1.40. The summed E-state index contributed by atoms with van der Waals surface area (Å²) in [6, 6.07) is 9.40. The van der Waals surface area contributed by atoms with E-state index in [1.807, 2.05) is 37.3 Å². The summed E-state index contributed by atoms with van der Waals surface area (Å²) in [4.78, 5) is 11.9. The molecule has 0 aliphatic carbocycles. The van der Waals surface area contributed by atoms with Crippen molar-refractivity contribution in [2.45, 2.75) is 39.3 Å². The number of rotatable bonds is 7. The highest BCUT2D eigenvalue weighted by atomic mass is 32.2. The second-order valence-corrected chi connectivity index (χ2v) is 7.35. The molecular formula is C15H24N2O3S. The maximum atomic E-state index is 11.9. The van der Waals surface area contributed by atoms with Gasteiger partial charge in [0.2, 0.25) is 15.9 Å². The minimum Gasteiger partial charge on any atom is -0.350 e. The smallest absolute Gasteiger partial charge is 0.221 e. The number of carbonyl (C=O) groups excluding carboxylic acids is 1. The standard InChI is InChI=1S/C15H24N2O3S/c1-12(2)17(21(4,19)20)11-10-15(18)16-13(3)14-8-6-5-7-9-14/h5-9,12-13H,10-11H2,1-4H3,(H,16,18). The molecule has 0 aliphatic heterocycles. The van der Waals surface area contributed by atoms with Crippen LogP contribution in [0, 0.1) is 0 Å². The fourth-order valence-corrected chi connectivity index (χ4v) is 3.35. The molecule has 1 aromatic rings. The normalized spacial score (nSPS) is 13.4. The molecule has 0 aromatic heterocycles. The second kappa shape index (κ2) is 7.56. The molecule has 21 heavy (non-hydrogen) atoms. The third-order valence-electron chi connectivity index (χ3n) is 3.24. The Morgan fingerprint density at radius 1 is 1.19 bits per heavy atom. The molecule has 1 unspecified atom stereocenters. The van der Waals surface area contributed by atoms with Crippen molar-refractivity contribution in [3.63, 3.8) is 0 Å². The van der Waals surface area contributed by atoms with Crippen molar-refractivity contribution in [2.24, 2.45) is 0 Å². The first-order chi connectivity index (χ1) is 9.71. The van der Waals surface area contributed by atoms with Crippen LogP contribution in [-0.4, -0.2) is 37.5 Å². The monoisotopic (exact) mass is 312 g/mol. The zero-order chi connectivity index (χ0) is 16.0. The fraction of sp³-hybridized carbons (Fsp3) is 0.533. The Bertz CT molecular complexity index is 556. The van der Waals surface area contributed by atoms with Gasteiger partial charge in [-0.25, -0.2) is 8.42 Å². The molecule has 0 saturated carbocycles. The molecule has 5 nitrogen and oxygen atoms in total. The van der Waals surface area contributed by atoms with Crippen molar-refractivity contribution in [2.75, 3.05) is 12.8 Å². The van der Waals surface area contributed by atoms with Crippen LogP contribution >= 0.6 is 0 Å². The van der Waals surface area contributed by atoms with Gasteiger partial charge in [-0.1, -0.05) is 30.3 Å². The highest BCUT2D eigenvalue weighted by molar-refractivity contribution is 7.88. The number of sulfonamides is 1. The van der Waals surface area contributed by atoms with E-state index in [1.54, 1.807) is 13.8 Å². The first-order valence-electron chi connectivity index (χ1n) is 7.03. The Morgan fingerprint density at radius 3 is 2.24 bits per heavy atom. The van der Waals surface area contributed by atoms with E-state index in [9.17, 15) is 13.2 Å². The van der Waals surface area contributed by atoms with Crippen LogP contribution in [0.3, 0.4) is 0 Å². The zero-order valence-electron chi connectivity index (χ0n) is 13.0. The average Bonchev–Trinajstić information content (AvgIpc) is 2.37. The van der Waals surface area contributed by atoms with E-state index < -0.39 is 10.0 Å². The summed E-state index contributed by atoms with van der Waals surface area (Å²) in [5.74, 6) is -0.152. The van der Waals surface area contributed by atoms with E-state index >= 15 is 0 Å². The average molecular weight is 312 g/mol. The molecule has 1 N–H and O–H groups in total. The van der Waals surface area contributed by atoms with Crippen molar-refractivity contribution in [3.8, 4) is 0 Å². The Labute approximate surface area is 127 Å². The van der Waals surface area contributed by atoms with Gasteiger partial charge in [0.15, 0.2) is 0 Å². The first kappa shape index (κ1) is 17.7. The van der Waals surface area contributed by atoms with Crippen molar-refractivity contribution in [1.82, 2.24) is 9.62 Å². The summed E-state index contributed by atoms with van der Waals surface area (Å²) in [7, 11) is -3.29. The molecule has 0 radical (unpaired) electrons. The number of benzene rings is 1. The lowest BCUT2D eigenvalue weighted by Gasteiger charge is -2.24. The summed E-state index contributed by atoms with van der Waals surface area (Å²) in [5, 5.41) is 2.88. The van der Waals surface area contributed by atoms with E-state index in [4.69, 9.17) is 0 Å². The molecular weight excluding hydrogens is 288 g/mol. The lowest BCUT2D eigenvalue weighted by atomic mass is 10.1. The van der Waals surface area contributed by atoms with Gasteiger partial charge in [-0.05, 0) is 26.3 Å². The van der Waals surface area contributed by atoms with Crippen LogP contribution in [0.25, 0.3) is 0 Å². The summed E-state index contributed by atoms with van der Waals surface area (Å²) < 4.78 is 24.6. The predicted molar refractivity (Wildman–Crippen MR) is 84.3 cm³/mol. The van der Waals surface area contributed by atoms with Crippen LogP contribution < -0.4 is 5.32 Å². The van der Waals surface area contributed by atoms with Crippen LogP contribution in [-0.2, 0) is 14.8 Å². The minimum absolute atomic E-state index is 0.0931. The number of carbonyl (C=O) groups is 1. The molecule has 1 aromatic carbocycles. The van der Waals surface area contributed by atoms with Crippen LogP contribution in [0.15, 0.2) is 30.3 Å². The second-order valence-electron chi connectivity index (χ2n) is 5.42. The van der Waals surface area contributed by atoms with Crippen molar-refractivity contribution in [1.29, 1.82) is 0 Å². The van der Waals surface area contributed by atoms with Crippen LogP contribution in [0.5, 0.6) is 0 Å². The van der Waals surface area contributed by atoms with Gasteiger partial charge in [-0.15, -0.1) is 0 Å². The molecule has 6 heteroatoms. The summed E-state index contributed by atoms with van der Waals surface area (Å²) in [6.07, 6.45) is 1.32. The quantitative estimate of drug-likeness (QED) is 0.836. The van der Waals surface area contributed by atoms with Gasteiger partial charge >= 0.3 is 0 Å². The maximum absolute atomic E-state index is 11.9. The first-order valence-corrected chi connectivity index (χ1v) is 8.87. The number of nitrogens with one attached hydrogen (secondary N) is 1. The topological polar surface area (TPSA) is 66.5 Å². The highest BCUT2D eigenvalue weighted by Crippen LogP contribution is 2.12. The van der Waals surface area contributed by atoms with Gasteiger partial charge in [-0.2, -0.15) is 4.31 Å². The molecule has 0 heterocycles. The molecule has 0 fully saturated rings. The molecule has 118 valence electrons. The minimum atomic E-state index is -3.29. The van der Waals surface area contributed by atoms with Gasteiger partial charge in [0.25, 0.3) is 0 Å². The maximum Gasteiger partial charge on any atom is 0.221 e. The van der Waals surface area contributed by atoms with Crippen molar-refractivity contribution < 1.29 is 13.2 Å². The van der Waals surface area contributed by atoms with Gasteiger partial charge in [-0.3, -0.25) is 4.79 Å². The van der Waals surface area contributed by atoms with Gasteiger partial charge in [0, 0.05) is 19.0 Å². The number of amides is 1. The van der Waals surface area contributed by atoms with E-state index in [1.165, 1.54) is 4.31 Å². The van der Waals surface area contributed by atoms with Gasteiger partial charge < -0.3 is 5.32 Å². The van der Waals surface area contributed by atoms with E-state index in [-0.39, 0.29) is 31.0 Å². The number of hydrogen-bond donors (Lipinski definition) is 1. The van der Waals surface area contributed by atoms with E-state index in [0.717, 1.165) is 11.8 Å². The summed E-state index contributed by atoms with van der Waals surface area (Å²) in [5.41, 5.74) is 1.02. The van der Waals surface area contributed by atoms with Crippen molar-refractivity contribution >= 4 is 15.9 Å². The largest absolute Gasteiger partial charge is 0.350 e. The molecule has 0 spiro atoms. The van der Waals surface area contributed by atoms with Crippen molar-refractivity contribution in [3.05, 3.63) is 35.9 Å². The molecule has 0 saturated heterocycles. The van der Waals surface area contributed by atoms with E-state index in [2.05, 4.69) is 5.32 Å². The van der Waals surface area contributed by atoms with Crippen LogP contribution in [0.4, 0.5) is 0 Å². The Balaban J connectivity index is 2.54. The fourth-order valence-electron chi connectivity index (χ4n) is 2.16. The number of hydrogen-bond acceptors (Lipinski definition) is 3. The Morgan fingerprint density at radius 2 is 1.76 bits per heavy atom. The molecule has 1 rings (SSSR count). The highest BCUT2D eigenvalue weighted by Gasteiger charge is 2.21. The van der Waals surface area contributed by atoms with Crippen LogP contribution in [0.1, 0.15) is 38.8 Å². The van der Waals surface area contributed by atoms with E-state index in [0.29, 0.717) is 0 Å². The van der Waals surface area contributed by atoms with Gasteiger partial charge in [0.05, 0.1) is 12.3 Å². The summed E-state index contributed by atoms with van der Waals surface area (Å²) >= 11 is 0. The Kier molecular flexibility index (Phi) is 6.36. The zero-order valence-corrected chi connectivity index (χ0v) is 13.9.